The van der Waals surface area contributed by atoms with Gasteiger partial charge in [-0.25, -0.2) is 0 Å². The summed E-state index contributed by atoms with van der Waals surface area (Å²) in [6, 6.07) is 14.7. The van der Waals surface area contributed by atoms with Gasteiger partial charge in [0.05, 0.1) is 10.9 Å². The summed E-state index contributed by atoms with van der Waals surface area (Å²) in [4.78, 5) is 12.5. The molecule has 0 spiro atoms. The number of rotatable bonds is 2. The summed E-state index contributed by atoms with van der Waals surface area (Å²) >= 11 is 5.87. The van der Waals surface area contributed by atoms with Gasteiger partial charge in [0.1, 0.15) is 11.8 Å². The molecule has 3 rings (SSSR count). The maximum absolute atomic E-state index is 12.5. The molecule has 0 aliphatic carbocycles. The smallest absolute Gasteiger partial charge is 0.200 e. The molecular formula is C18H13ClO2. The highest BCUT2D eigenvalue weighted by Crippen LogP contribution is 2.19. The van der Waals surface area contributed by atoms with E-state index in [0.717, 1.165) is 11.1 Å². The van der Waals surface area contributed by atoms with Crippen LogP contribution in [0.5, 0.6) is 0 Å². The van der Waals surface area contributed by atoms with Crippen molar-refractivity contribution in [3.05, 3.63) is 81.2 Å². The summed E-state index contributed by atoms with van der Waals surface area (Å²) in [7, 11) is 0. The molecule has 0 unspecified atom stereocenters. The Morgan fingerprint density at radius 3 is 2.57 bits per heavy atom. The van der Waals surface area contributed by atoms with Crippen LogP contribution < -0.4 is 5.43 Å². The fourth-order valence-corrected chi connectivity index (χ4v) is 2.36. The van der Waals surface area contributed by atoms with Gasteiger partial charge in [-0.05, 0) is 42.3 Å². The minimum Gasteiger partial charge on any atom is -0.463 e. The molecule has 0 fully saturated rings. The summed E-state index contributed by atoms with van der Waals surface area (Å²) in [5.74, 6) is 0. The lowest BCUT2D eigenvalue weighted by molar-refractivity contribution is 0.600. The zero-order valence-corrected chi connectivity index (χ0v) is 12.2. The molecule has 0 N–H and O–H groups in total. The summed E-state index contributed by atoms with van der Waals surface area (Å²) < 4.78 is 5.54. The van der Waals surface area contributed by atoms with Crippen LogP contribution in [0.2, 0.25) is 5.02 Å². The van der Waals surface area contributed by atoms with Gasteiger partial charge in [-0.3, -0.25) is 4.79 Å². The van der Waals surface area contributed by atoms with Crippen LogP contribution in [-0.4, -0.2) is 0 Å². The molecule has 0 saturated heterocycles. The molecule has 104 valence electrons. The number of fused-ring (bicyclic) bond motifs is 1. The van der Waals surface area contributed by atoms with Crippen LogP contribution in [0.4, 0.5) is 0 Å². The fraction of sp³-hybridized carbons (Fsp3) is 0.0556. The molecule has 0 radical (unpaired) electrons. The number of halogens is 1. The summed E-state index contributed by atoms with van der Waals surface area (Å²) in [5.41, 5.74) is 3.01. The SMILES string of the molecule is C/C(=C\c1ccc(Cl)cc1)c1coc2ccccc2c1=O. The minimum atomic E-state index is -0.0143. The molecular weight excluding hydrogens is 284 g/mol. The average Bonchev–Trinajstić information content (AvgIpc) is 2.50. The first kappa shape index (κ1) is 13.7. The van der Waals surface area contributed by atoms with E-state index >= 15 is 0 Å². The Morgan fingerprint density at radius 2 is 1.81 bits per heavy atom. The molecule has 2 nitrogen and oxygen atoms in total. The second-order valence-electron chi connectivity index (χ2n) is 4.85. The average molecular weight is 297 g/mol. The largest absolute Gasteiger partial charge is 0.463 e. The molecule has 3 heteroatoms. The Labute approximate surface area is 127 Å². The van der Waals surface area contributed by atoms with E-state index in [1.807, 2.05) is 49.4 Å². The van der Waals surface area contributed by atoms with E-state index in [1.165, 1.54) is 6.26 Å². The first-order chi connectivity index (χ1) is 10.1. The number of allylic oxidation sites excluding steroid dienone is 1. The third-order valence-corrected chi connectivity index (χ3v) is 3.61. The van der Waals surface area contributed by atoms with E-state index in [9.17, 15) is 4.79 Å². The second kappa shape index (κ2) is 5.58. The van der Waals surface area contributed by atoms with Crippen LogP contribution in [0.1, 0.15) is 18.1 Å². The van der Waals surface area contributed by atoms with E-state index in [0.29, 0.717) is 21.6 Å². The van der Waals surface area contributed by atoms with Crippen LogP contribution in [0, 0.1) is 0 Å². The summed E-state index contributed by atoms with van der Waals surface area (Å²) in [5, 5.41) is 1.29. The van der Waals surface area contributed by atoms with Gasteiger partial charge >= 0.3 is 0 Å². The molecule has 3 aromatic rings. The molecule has 0 atom stereocenters. The van der Waals surface area contributed by atoms with Gasteiger partial charge in [0, 0.05) is 5.02 Å². The quantitative estimate of drug-likeness (QED) is 0.665. The summed E-state index contributed by atoms with van der Waals surface area (Å²) in [6.45, 7) is 1.90. The first-order valence-corrected chi connectivity index (χ1v) is 6.98. The normalized spacial score (nSPS) is 11.8. The van der Waals surface area contributed by atoms with Crippen LogP contribution in [0.3, 0.4) is 0 Å². The van der Waals surface area contributed by atoms with E-state index in [2.05, 4.69) is 0 Å². The molecule has 0 amide bonds. The van der Waals surface area contributed by atoms with E-state index in [-0.39, 0.29) is 5.43 Å². The van der Waals surface area contributed by atoms with Gasteiger partial charge in [-0.1, -0.05) is 41.9 Å². The highest BCUT2D eigenvalue weighted by molar-refractivity contribution is 6.30. The van der Waals surface area contributed by atoms with Crippen molar-refractivity contribution < 1.29 is 4.42 Å². The van der Waals surface area contributed by atoms with Gasteiger partial charge in [0.15, 0.2) is 5.43 Å². The number of hydrogen-bond donors (Lipinski definition) is 0. The molecule has 0 bridgehead atoms. The molecule has 1 heterocycles. The third kappa shape index (κ3) is 2.76. The van der Waals surface area contributed by atoms with Crippen molar-refractivity contribution in [2.45, 2.75) is 6.92 Å². The molecule has 0 aliphatic heterocycles. The maximum Gasteiger partial charge on any atom is 0.200 e. The lowest BCUT2D eigenvalue weighted by Gasteiger charge is -2.03. The highest BCUT2D eigenvalue weighted by Gasteiger charge is 2.07. The van der Waals surface area contributed by atoms with Crippen molar-refractivity contribution in [1.82, 2.24) is 0 Å². The zero-order valence-electron chi connectivity index (χ0n) is 11.5. The lowest BCUT2D eigenvalue weighted by atomic mass is 10.0. The van der Waals surface area contributed by atoms with Crippen molar-refractivity contribution in [1.29, 1.82) is 0 Å². The van der Waals surface area contributed by atoms with E-state index in [4.69, 9.17) is 16.0 Å². The van der Waals surface area contributed by atoms with Gasteiger partial charge in [-0.15, -0.1) is 0 Å². The Balaban J connectivity index is 2.09. The Kier molecular flexibility index (Phi) is 3.63. The van der Waals surface area contributed by atoms with E-state index in [1.54, 1.807) is 12.1 Å². The van der Waals surface area contributed by atoms with Crippen molar-refractivity contribution >= 4 is 34.2 Å². The highest BCUT2D eigenvalue weighted by atomic mass is 35.5. The van der Waals surface area contributed by atoms with Crippen molar-refractivity contribution in [2.75, 3.05) is 0 Å². The first-order valence-electron chi connectivity index (χ1n) is 6.60. The van der Waals surface area contributed by atoms with E-state index < -0.39 is 0 Å². The van der Waals surface area contributed by atoms with Crippen molar-refractivity contribution in [3.63, 3.8) is 0 Å². The predicted molar refractivity (Wildman–Crippen MR) is 87.5 cm³/mol. The maximum atomic E-state index is 12.5. The van der Waals surface area contributed by atoms with Crippen LogP contribution in [0.25, 0.3) is 22.6 Å². The molecule has 0 aliphatic rings. The molecule has 0 saturated carbocycles. The molecule has 1 aromatic heterocycles. The topological polar surface area (TPSA) is 30.2 Å². The van der Waals surface area contributed by atoms with Crippen molar-refractivity contribution in [2.24, 2.45) is 0 Å². The Morgan fingerprint density at radius 1 is 1.10 bits per heavy atom. The van der Waals surface area contributed by atoms with Gasteiger partial charge in [0.25, 0.3) is 0 Å². The molecule has 21 heavy (non-hydrogen) atoms. The number of para-hydroxylation sites is 1. The number of benzene rings is 2. The zero-order chi connectivity index (χ0) is 14.8. The van der Waals surface area contributed by atoms with Crippen molar-refractivity contribution in [3.8, 4) is 0 Å². The van der Waals surface area contributed by atoms with Crippen LogP contribution in [-0.2, 0) is 0 Å². The lowest BCUT2D eigenvalue weighted by Crippen LogP contribution is -2.06. The van der Waals surface area contributed by atoms with Gasteiger partial charge in [0.2, 0.25) is 0 Å². The van der Waals surface area contributed by atoms with Gasteiger partial charge in [-0.2, -0.15) is 0 Å². The monoisotopic (exact) mass is 296 g/mol. The van der Waals surface area contributed by atoms with Crippen LogP contribution >= 0.6 is 11.6 Å². The summed E-state index contributed by atoms with van der Waals surface area (Å²) in [6.07, 6.45) is 3.46. The second-order valence-corrected chi connectivity index (χ2v) is 5.29. The van der Waals surface area contributed by atoms with Gasteiger partial charge < -0.3 is 4.42 Å². The predicted octanol–water partition coefficient (Wildman–Crippen LogP) is 5.01. The van der Waals surface area contributed by atoms with Crippen LogP contribution in [0.15, 0.2) is 64.0 Å². The Bertz CT molecular complexity index is 874. The molecule has 2 aromatic carbocycles. The third-order valence-electron chi connectivity index (χ3n) is 3.36. The Hall–Kier alpha value is -2.32. The minimum absolute atomic E-state index is 0.0143. The fourth-order valence-electron chi connectivity index (χ4n) is 2.24. The number of hydrogen-bond acceptors (Lipinski definition) is 2. The standard InChI is InChI=1S/C18H13ClO2/c1-12(10-13-6-8-14(19)9-7-13)16-11-21-17-5-3-2-4-15(17)18(16)20/h2-11H,1H3/b12-10+.